The van der Waals surface area contributed by atoms with E-state index < -0.39 is 0 Å². The Hall–Kier alpha value is -2.38. The van der Waals surface area contributed by atoms with Crippen molar-refractivity contribution in [3.8, 4) is 23.1 Å². The first-order chi connectivity index (χ1) is 12.9. The number of pyridine rings is 1. The minimum atomic E-state index is 0.0794. The number of aromatic nitrogens is 1. The summed E-state index contributed by atoms with van der Waals surface area (Å²) in [4.78, 5) is 4.84. The van der Waals surface area contributed by atoms with E-state index in [0.717, 1.165) is 55.3 Å². The van der Waals surface area contributed by atoms with Gasteiger partial charge in [0.05, 0.1) is 13.2 Å². The predicted octanol–water partition coefficient (Wildman–Crippen LogP) is 4.45. The van der Waals surface area contributed by atoms with Crippen molar-refractivity contribution in [1.82, 2.24) is 4.98 Å². The van der Waals surface area contributed by atoms with Crippen LogP contribution < -0.4 is 4.74 Å². The normalized spacial score (nSPS) is 17.8. The lowest BCUT2D eigenvalue weighted by Crippen LogP contribution is -2.27. The number of benzene rings is 1. The Labute approximate surface area is 154 Å². The van der Waals surface area contributed by atoms with Crippen LogP contribution in [0.3, 0.4) is 0 Å². The Morgan fingerprint density at radius 3 is 2.58 bits per heavy atom. The van der Waals surface area contributed by atoms with Gasteiger partial charge in [-0.1, -0.05) is 36.8 Å². The van der Waals surface area contributed by atoms with Crippen LogP contribution in [0, 0.1) is 11.3 Å². The molecule has 0 radical (unpaired) electrons. The molecule has 2 heterocycles. The van der Waals surface area contributed by atoms with Gasteiger partial charge in [0.25, 0.3) is 0 Å². The summed E-state index contributed by atoms with van der Waals surface area (Å²) in [5.74, 6) is 0.513. The van der Waals surface area contributed by atoms with Crippen molar-refractivity contribution < 1.29 is 9.47 Å². The highest BCUT2D eigenvalue weighted by molar-refractivity contribution is 5.77. The van der Waals surface area contributed by atoms with E-state index in [4.69, 9.17) is 14.5 Å². The zero-order valence-electron chi connectivity index (χ0n) is 15.0. The molecule has 1 saturated heterocycles. The van der Waals surface area contributed by atoms with Gasteiger partial charge in [0.1, 0.15) is 17.7 Å². The molecule has 26 heavy (non-hydrogen) atoms. The number of ether oxygens (including phenoxy) is 2. The van der Waals surface area contributed by atoms with Crippen molar-refractivity contribution in [3.05, 3.63) is 47.2 Å². The Morgan fingerprint density at radius 2 is 1.81 bits per heavy atom. The molecule has 0 atom stereocenters. The first kappa shape index (κ1) is 17.1. The van der Waals surface area contributed by atoms with E-state index in [1.165, 1.54) is 12.0 Å². The topological polar surface area (TPSA) is 55.1 Å². The minimum Gasteiger partial charge on any atom is -0.473 e. The van der Waals surface area contributed by atoms with Crippen molar-refractivity contribution >= 4 is 0 Å². The van der Waals surface area contributed by atoms with E-state index in [1.807, 2.05) is 18.2 Å². The van der Waals surface area contributed by atoms with Gasteiger partial charge in [0, 0.05) is 24.1 Å². The third-order valence-corrected chi connectivity index (χ3v) is 5.31. The lowest BCUT2D eigenvalue weighted by Gasteiger charge is -2.25. The molecule has 134 valence electrons. The maximum atomic E-state index is 9.97. The molecule has 1 aromatic carbocycles. The second kappa shape index (κ2) is 7.88. The van der Waals surface area contributed by atoms with Crippen molar-refractivity contribution in [2.24, 2.45) is 0 Å². The molecule has 1 aliphatic carbocycles. The van der Waals surface area contributed by atoms with E-state index in [9.17, 15) is 5.26 Å². The molecule has 4 rings (SSSR count). The molecule has 0 bridgehead atoms. The number of nitrogens with zero attached hydrogens (tertiary/aromatic N) is 2. The average Bonchev–Trinajstić information content (AvgIpc) is 2.93. The molecule has 0 saturated carbocycles. The monoisotopic (exact) mass is 348 g/mol. The lowest BCUT2D eigenvalue weighted by atomic mass is 9.92. The van der Waals surface area contributed by atoms with Crippen LogP contribution in [0.1, 0.15) is 48.9 Å². The molecule has 0 spiro atoms. The zero-order chi connectivity index (χ0) is 17.8. The number of hydrogen-bond donors (Lipinski definition) is 0. The Kier molecular flexibility index (Phi) is 5.17. The van der Waals surface area contributed by atoms with Gasteiger partial charge in [0.2, 0.25) is 5.88 Å². The first-order valence-corrected chi connectivity index (χ1v) is 9.62. The van der Waals surface area contributed by atoms with Crippen LogP contribution in [-0.2, 0) is 17.6 Å². The summed E-state index contributed by atoms with van der Waals surface area (Å²) < 4.78 is 11.7. The molecular formula is C22H24N2O2. The summed E-state index contributed by atoms with van der Waals surface area (Å²) in [7, 11) is 0. The average molecular weight is 348 g/mol. The van der Waals surface area contributed by atoms with Crippen molar-refractivity contribution in [2.45, 2.75) is 51.0 Å². The highest BCUT2D eigenvalue weighted by Gasteiger charge is 2.25. The number of aryl methyl sites for hydroxylation is 1. The quantitative estimate of drug-likeness (QED) is 0.769. The zero-order valence-corrected chi connectivity index (χ0v) is 15.0. The number of nitriles is 1. The molecule has 1 aromatic heterocycles. The number of hydrogen-bond acceptors (Lipinski definition) is 4. The lowest BCUT2D eigenvalue weighted by molar-refractivity contribution is 0.0235. The minimum absolute atomic E-state index is 0.0794. The van der Waals surface area contributed by atoms with Crippen LogP contribution >= 0.6 is 0 Å². The SMILES string of the molecule is N#Cc1c(OC2CCOCC2)nc2c(c1-c1ccccc1)CCCCC2. The second-order valence-corrected chi connectivity index (χ2v) is 7.06. The smallest absolute Gasteiger partial charge is 0.232 e. The second-order valence-electron chi connectivity index (χ2n) is 7.06. The first-order valence-electron chi connectivity index (χ1n) is 9.62. The third-order valence-electron chi connectivity index (χ3n) is 5.31. The standard InChI is InChI=1S/C22H24N2O2/c23-15-19-21(16-7-3-1-4-8-16)18-9-5-2-6-10-20(18)24-22(19)26-17-11-13-25-14-12-17/h1,3-4,7-8,17H,2,5-6,9-14H2. The molecule has 0 amide bonds. The molecule has 4 nitrogen and oxygen atoms in total. The summed E-state index contributed by atoms with van der Waals surface area (Å²) in [6, 6.07) is 12.6. The summed E-state index contributed by atoms with van der Waals surface area (Å²) in [5.41, 5.74) is 5.05. The highest BCUT2D eigenvalue weighted by atomic mass is 16.5. The van der Waals surface area contributed by atoms with E-state index in [2.05, 4.69) is 18.2 Å². The fraction of sp³-hybridized carbons (Fsp3) is 0.455. The summed E-state index contributed by atoms with van der Waals surface area (Å²) in [6.07, 6.45) is 7.24. The van der Waals surface area contributed by atoms with E-state index in [0.29, 0.717) is 24.7 Å². The van der Waals surface area contributed by atoms with Gasteiger partial charge in [-0.05, 0) is 36.8 Å². The van der Waals surface area contributed by atoms with Crippen LogP contribution in [0.4, 0.5) is 0 Å². The van der Waals surface area contributed by atoms with Crippen LogP contribution in [0.15, 0.2) is 30.3 Å². The van der Waals surface area contributed by atoms with Gasteiger partial charge in [-0.3, -0.25) is 0 Å². The summed E-state index contributed by atoms with van der Waals surface area (Å²) in [5, 5.41) is 9.97. The Morgan fingerprint density at radius 1 is 1.04 bits per heavy atom. The predicted molar refractivity (Wildman–Crippen MR) is 100 cm³/mol. The van der Waals surface area contributed by atoms with Crippen molar-refractivity contribution in [3.63, 3.8) is 0 Å². The van der Waals surface area contributed by atoms with Crippen LogP contribution in [-0.4, -0.2) is 24.3 Å². The number of rotatable bonds is 3. The Bertz CT molecular complexity index is 805. The fourth-order valence-electron chi connectivity index (χ4n) is 3.96. The molecular weight excluding hydrogens is 324 g/mol. The van der Waals surface area contributed by atoms with Gasteiger partial charge in [0.15, 0.2) is 0 Å². The molecule has 2 aromatic rings. The van der Waals surface area contributed by atoms with Gasteiger partial charge >= 0.3 is 0 Å². The molecule has 1 aliphatic heterocycles. The maximum Gasteiger partial charge on any atom is 0.232 e. The molecule has 4 heteroatoms. The largest absolute Gasteiger partial charge is 0.473 e. The van der Waals surface area contributed by atoms with Crippen LogP contribution in [0.2, 0.25) is 0 Å². The van der Waals surface area contributed by atoms with Gasteiger partial charge in [-0.25, -0.2) is 4.98 Å². The van der Waals surface area contributed by atoms with Gasteiger partial charge in [-0.2, -0.15) is 5.26 Å². The third kappa shape index (κ3) is 3.45. The van der Waals surface area contributed by atoms with Crippen molar-refractivity contribution in [1.29, 1.82) is 5.26 Å². The molecule has 0 unspecified atom stereocenters. The fourth-order valence-corrected chi connectivity index (χ4v) is 3.96. The Balaban J connectivity index is 1.84. The molecule has 2 aliphatic rings. The van der Waals surface area contributed by atoms with Gasteiger partial charge in [-0.15, -0.1) is 0 Å². The molecule has 0 N–H and O–H groups in total. The van der Waals surface area contributed by atoms with Crippen molar-refractivity contribution in [2.75, 3.05) is 13.2 Å². The van der Waals surface area contributed by atoms with E-state index in [-0.39, 0.29) is 6.10 Å². The highest BCUT2D eigenvalue weighted by Crippen LogP contribution is 2.37. The summed E-state index contributed by atoms with van der Waals surface area (Å²) in [6.45, 7) is 1.42. The summed E-state index contributed by atoms with van der Waals surface area (Å²) >= 11 is 0. The van der Waals surface area contributed by atoms with Crippen LogP contribution in [0.25, 0.3) is 11.1 Å². The number of fused-ring (bicyclic) bond motifs is 1. The molecule has 1 fully saturated rings. The van der Waals surface area contributed by atoms with Gasteiger partial charge < -0.3 is 9.47 Å². The van der Waals surface area contributed by atoms with Crippen LogP contribution in [0.5, 0.6) is 5.88 Å². The maximum absolute atomic E-state index is 9.97. The van der Waals surface area contributed by atoms with E-state index in [1.54, 1.807) is 0 Å². The van der Waals surface area contributed by atoms with E-state index >= 15 is 0 Å².